The summed E-state index contributed by atoms with van der Waals surface area (Å²) in [5.74, 6) is 1.01. The van der Waals surface area contributed by atoms with Gasteiger partial charge in [0.2, 0.25) is 0 Å². The van der Waals surface area contributed by atoms with Gasteiger partial charge >= 0.3 is 0 Å². The van der Waals surface area contributed by atoms with Crippen molar-refractivity contribution in [2.24, 2.45) is 0 Å². The van der Waals surface area contributed by atoms with E-state index in [1.54, 1.807) is 6.07 Å². The molecule has 2 N–H and O–H groups in total. The summed E-state index contributed by atoms with van der Waals surface area (Å²) in [5.41, 5.74) is 7.57. The Kier molecular flexibility index (Phi) is 4.14. The van der Waals surface area contributed by atoms with E-state index in [0.717, 1.165) is 15.7 Å². The second kappa shape index (κ2) is 5.65. The molecule has 0 amide bonds. The summed E-state index contributed by atoms with van der Waals surface area (Å²) < 4.78 is 13.9. The topological polar surface area (TPSA) is 51.8 Å². The molecule has 0 radical (unpaired) electrons. The number of nitrogen functional groups attached to an aromatic ring is 1. The van der Waals surface area contributed by atoms with Gasteiger partial charge in [-0.15, -0.1) is 0 Å². The SMILES string of the molecule is CC(C)c1nc(Cc2cccc(F)c2)nc(N)c1Br. The number of hydrogen-bond acceptors (Lipinski definition) is 3. The predicted octanol–water partition coefficient (Wildman–Crippen LogP) is 3.67. The molecule has 0 aliphatic carbocycles. The maximum Gasteiger partial charge on any atom is 0.141 e. The number of hydrogen-bond donors (Lipinski definition) is 1. The monoisotopic (exact) mass is 323 g/mol. The molecule has 0 fully saturated rings. The van der Waals surface area contributed by atoms with Gasteiger partial charge in [-0.3, -0.25) is 0 Å². The van der Waals surface area contributed by atoms with Crippen LogP contribution in [0.15, 0.2) is 28.7 Å². The van der Waals surface area contributed by atoms with Crippen molar-refractivity contribution in [2.45, 2.75) is 26.2 Å². The third kappa shape index (κ3) is 3.29. The van der Waals surface area contributed by atoms with Gasteiger partial charge in [0.15, 0.2) is 0 Å². The van der Waals surface area contributed by atoms with Crippen molar-refractivity contribution >= 4 is 21.7 Å². The van der Waals surface area contributed by atoms with Gasteiger partial charge in [0, 0.05) is 6.42 Å². The lowest BCUT2D eigenvalue weighted by molar-refractivity contribution is 0.625. The van der Waals surface area contributed by atoms with E-state index in [-0.39, 0.29) is 11.7 Å². The lowest BCUT2D eigenvalue weighted by Crippen LogP contribution is -2.07. The Morgan fingerprint density at radius 1 is 1.32 bits per heavy atom. The summed E-state index contributed by atoms with van der Waals surface area (Å²) >= 11 is 3.40. The molecule has 2 aromatic rings. The number of halogens is 2. The normalized spacial score (nSPS) is 11.0. The molecule has 0 aliphatic rings. The first-order valence-electron chi connectivity index (χ1n) is 6.03. The zero-order valence-electron chi connectivity index (χ0n) is 10.8. The van der Waals surface area contributed by atoms with E-state index in [4.69, 9.17) is 5.73 Å². The smallest absolute Gasteiger partial charge is 0.141 e. The maximum atomic E-state index is 13.1. The number of nitrogens with zero attached hydrogens (tertiary/aromatic N) is 2. The van der Waals surface area contributed by atoms with Crippen molar-refractivity contribution in [2.75, 3.05) is 5.73 Å². The average molecular weight is 324 g/mol. The molecule has 0 spiro atoms. The maximum absolute atomic E-state index is 13.1. The van der Waals surface area contributed by atoms with E-state index in [9.17, 15) is 4.39 Å². The third-order valence-electron chi connectivity index (χ3n) is 2.75. The highest BCUT2D eigenvalue weighted by molar-refractivity contribution is 9.10. The van der Waals surface area contributed by atoms with Crippen molar-refractivity contribution in [1.82, 2.24) is 9.97 Å². The van der Waals surface area contributed by atoms with E-state index in [0.29, 0.717) is 18.1 Å². The van der Waals surface area contributed by atoms with Crippen molar-refractivity contribution in [3.63, 3.8) is 0 Å². The Labute approximate surface area is 120 Å². The molecule has 0 saturated carbocycles. The van der Waals surface area contributed by atoms with E-state index in [1.807, 2.05) is 19.9 Å². The second-order valence-corrected chi connectivity index (χ2v) is 5.48. The van der Waals surface area contributed by atoms with Crippen LogP contribution in [0.2, 0.25) is 0 Å². The van der Waals surface area contributed by atoms with Crippen LogP contribution in [0.4, 0.5) is 10.2 Å². The quantitative estimate of drug-likeness (QED) is 0.937. The molecule has 1 aromatic heterocycles. The number of benzene rings is 1. The fraction of sp³-hybridized carbons (Fsp3) is 0.286. The summed E-state index contributed by atoms with van der Waals surface area (Å²) in [6.45, 7) is 4.08. The van der Waals surface area contributed by atoms with E-state index >= 15 is 0 Å². The molecule has 1 aromatic carbocycles. The van der Waals surface area contributed by atoms with Crippen LogP contribution in [-0.2, 0) is 6.42 Å². The Morgan fingerprint density at radius 2 is 2.05 bits per heavy atom. The number of nitrogens with two attached hydrogens (primary N) is 1. The van der Waals surface area contributed by atoms with Crippen LogP contribution in [0.5, 0.6) is 0 Å². The highest BCUT2D eigenvalue weighted by Crippen LogP contribution is 2.27. The molecular formula is C14H15BrFN3. The zero-order chi connectivity index (χ0) is 14.0. The zero-order valence-corrected chi connectivity index (χ0v) is 12.4. The van der Waals surface area contributed by atoms with Crippen molar-refractivity contribution in [3.05, 3.63) is 51.6 Å². The molecular weight excluding hydrogens is 309 g/mol. The van der Waals surface area contributed by atoms with Gasteiger partial charge < -0.3 is 5.73 Å². The minimum absolute atomic E-state index is 0.242. The van der Waals surface area contributed by atoms with Gasteiger partial charge in [-0.2, -0.15) is 0 Å². The summed E-state index contributed by atoms with van der Waals surface area (Å²) in [4.78, 5) is 8.74. The minimum Gasteiger partial charge on any atom is -0.383 e. The first kappa shape index (κ1) is 13.9. The van der Waals surface area contributed by atoms with Crippen LogP contribution < -0.4 is 5.73 Å². The highest BCUT2D eigenvalue weighted by atomic mass is 79.9. The molecule has 0 atom stereocenters. The third-order valence-corrected chi connectivity index (χ3v) is 3.56. The first-order chi connectivity index (χ1) is 8.97. The summed E-state index contributed by atoms with van der Waals surface area (Å²) in [5, 5.41) is 0. The largest absolute Gasteiger partial charge is 0.383 e. The van der Waals surface area contributed by atoms with Gasteiger partial charge in [0.05, 0.1) is 10.2 Å². The molecule has 0 unspecified atom stereocenters. The Balaban J connectivity index is 2.36. The molecule has 2 rings (SSSR count). The molecule has 5 heteroatoms. The fourth-order valence-electron chi connectivity index (χ4n) is 1.82. The van der Waals surface area contributed by atoms with Crippen LogP contribution in [-0.4, -0.2) is 9.97 Å². The van der Waals surface area contributed by atoms with E-state index < -0.39 is 0 Å². The van der Waals surface area contributed by atoms with Gasteiger partial charge in [0.25, 0.3) is 0 Å². The Bertz CT molecular complexity index is 599. The number of rotatable bonds is 3. The lowest BCUT2D eigenvalue weighted by Gasteiger charge is -2.11. The molecule has 100 valence electrons. The van der Waals surface area contributed by atoms with Gasteiger partial charge in [-0.1, -0.05) is 26.0 Å². The number of anilines is 1. The van der Waals surface area contributed by atoms with E-state index in [1.165, 1.54) is 12.1 Å². The van der Waals surface area contributed by atoms with Gasteiger partial charge in [-0.05, 0) is 39.5 Å². The van der Waals surface area contributed by atoms with Gasteiger partial charge in [-0.25, -0.2) is 14.4 Å². The summed E-state index contributed by atoms with van der Waals surface area (Å²) in [6, 6.07) is 6.42. The van der Waals surface area contributed by atoms with Crippen LogP contribution >= 0.6 is 15.9 Å². The van der Waals surface area contributed by atoms with Crippen molar-refractivity contribution < 1.29 is 4.39 Å². The molecule has 19 heavy (non-hydrogen) atoms. The fourth-order valence-corrected chi connectivity index (χ4v) is 2.46. The van der Waals surface area contributed by atoms with Crippen molar-refractivity contribution in [3.8, 4) is 0 Å². The van der Waals surface area contributed by atoms with Gasteiger partial charge in [0.1, 0.15) is 17.5 Å². The average Bonchev–Trinajstić information content (AvgIpc) is 2.33. The first-order valence-corrected chi connectivity index (χ1v) is 6.83. The van der Waals surface area contributed by atoms with Crippen molar-refractivity contribution in [1.29, 1.82) is 0 Å². The van der Waals surface area contributed by atoms with Crippen LogP contribution in [0.3, 0.4) is 0 Å². The Hall–Kier alpha value is -1.49. The predicted molar refractivity (Wildman–Crippen MR) is 77.4 cm³/mol. The lowest BCUT2D eigenvalue weighted by atomic mass is 10.1. The minimum atomic E-state index is -0.258. The van der Waals surface area contributed by atoms with Crippen LogP contribution in [0.25, 0.3) is 0 Å². The molecule has 1 heterocycles. The Morgan fingerprint density at radius 3 is 2.68 bits per heavy atom. The highest BCUT2D eigenvalue weighted by Gasteiger charge is 2.13. The molecule has 3 nitrogen and oxygen atoms in total. The van der Waals surface area contributed by atoms with Crippen LogP contribution in [0.1, 0.15) is 36.8 Å². The second-order valence-electron chi connectivity index (χ2n) is 4.69. The number of aromatic nitrogens is 2. The molecule has 0 aliphatic heterocycles. The van der Waals surface area contributed by atoms with E-state index in [2.05, 4.69) is 25.9 Å². The molecule has 0 saturated heterocycles. The summed E-state index contributed by atoms with van der Waals surface area (Å²) in [7, 11) is 0. The van der Waals surface area contributed by atoms with Crippen LogP contribution in [0, 0.1) is 5.82 Å². The summed E-state index contributed by atoms with van der Waals surface area (Å²) in [6.07, 6.45) is 0.467. The molecule has 0 bridgehead atoms. The standard InChI is InChI=1S/C14H15BrFN3/c1-8(2)13-12(15)14(17)19-11(18-13)7-9-4-3-5-10(16)6-9/h3-6,8H,7H2,1-2H3,(H2,17,18,19).